The van der Waals surface area contributed by atoms with Gasteiger partial charge in [0.1, 0.15) is 0 Å². The first-order chi connectivity index (χ1) is 4.74. The first-order valence-corrected chi connectivity index (χ1v) is 3.35. The molecule has 0 spiro atoms. The van der Waals surface area contributed by atoms with Gasteiger partial charge in [0, 0.05) is 0 Å². The Kier molecular flexibility index (Phi) is 1.86. The summed E-state index contributed by atoms with van der Waals surface area (Å²) in [5.41, 5.74) is 2.83. The average Bonchev–Trinajstić information content (AvgIpc) is 1.94. The van der Waals surface area contributed by atoms with E-state index in [1.165, 1.54) is 5.57 Å². The minimum atomic E-state index is 0.605. The monoisotopic (exact) mass is 133 g/mol. The van der Waals surface area contributed by atoms with Gasteiger partial charge in [0.05, 0.1) is 5.71 Å². The van der Waals surface area contributed by atoms with E-state index < -0.39 is 0 Å². The van der Waals surface area contributed by atoms with Gasteiger partial charge in [-0.15, -0.1) is 0 Å². The summed E-state index contributed by atoms with van der Waals surface area (Å²) in [6.45, 7) is 3.99. The number of nitrogens with one attached hydrogen (secondary N) is 1. The van der Waals surface area contributed by atoms with Gasteiger partial charge in [0.2, 0.25) is 0 Å². The zero-order chi connectivity index (χ0) is 7.56. The second-order valence-corrected chi connectivity index (χ2v) is 2.38. The van der Waals surface area contributed by atoms with Crippen LogP contribution in [-0.4, -0.2) is 5.71 Å². The zero-order valence-electron chi connectivity index (χ0n) is 6.31. The van der Waals surface area contributed by atoms with E-state index in [1.807, 2.05) is 38.2 Å². The maximum Gasteiger partial charge on any atom is 0.0609 e. The van der Waals surface area contributed by atoms with Crippen molar-refractivity contribution in [2.75, 3.05) is 0 Å². The summed E-state index contributed by atoms with van der Waals surface area (Å²) in [6, 6.07) is 0. The highest BCUT2D eigenvalue weighted by atomic mass is 14.4. The molecule has 1 aliphatic carbocycles. The quantitative estimate of drug-likeness (QED) is 0.525. The van der Waals surface area contributed by atoms with Gasteiger partial charge in [-0.2, -0.15) is 0 Å². The molecule has 10 heavy (non-hydrogen) atoms. The predicted octanol–water partition coefficient (Wildman–Crippen LogP) is 2.47. The topological polar surface area (TPSA) is 23.9 Å². The van der Waals surface area contributed by atoms with Gasteiger partial charge in [-0.1, -0.05) is 23.8 Å². The lowest BCUT2D eigenvalue weighted by atomic mass is 10.0. The lowest BCUT2D eigenvalue weighted by Gasteiger charge is -2.05. The molecule has 0 saturated heterocycles. The molecule has 0 atom stereocenters. The molecular formula is C9H11N. The molecule has 0 saturated carbocycles. The van der Waals surface area contributed by atoms with Crippen molar-refractivity contribution in [1.29, 1.82) is 5.41 Å². The van der Waals surface area contributed by atoms with Gasteiger partial charge in [-0.3, -0.25) is 0 Å². The lowest BCUT2D eigenvalue weighted by molar-refractivity contribution is 1.42. The van der Waals surface area contributed by atoms with Gasteiger partial charge in [0.25, 0.3) is 0 Å². The molecule has 0 amide bonds. The summed E-state index contributed by atoms with van der Waals surface area (Å²) in [4.78, 5) is 0. The number of allylic oxidation sites excluding steroid dienone is 6. The van der Waals surface area contributed by atoms with Crippen molar-refractivity contribution in [3.63, 3.8) is 0 Å². The highest BCUT2D eigenvalue weighted by Gasteiger charge is 2.01. The highest BCUT2D eigenvalue weighted by molar-refractivity contribution is 6.09. The first-order valence-electron chi connectivity index (χ1n) is 3.35. The molecule has 1 N–H and O–H groups in total. The van der Waals surface area contributed by atoms with Crippen LogP contribution in [0, 0.1) is 5.41 Å². The minimum absolute atomic E-state index is 0.605. The predicted molar refractivity (Wildman–Crippen MR) is 44.4 cm³/mol. The van der Waals surface area contributed by atoms with Crippen LogP contribution in [0.5, 0.6) is 0 Å². The molecule has 0 aromatic rings. The fourth-order valence-electron chi connectivity index (χ4n) is 0.921. The van der Waals surface area contributed by atoms with Crippen LogP contribution in [0.1, 0.15) is 13.8 Å². The number of rotatable bonds is 0. The van der Waals surface area contributed by atoms with Crippen LogP contribution in [0.3, 0.4) is 0 Å². The summed E-state index contributed by atoms with van der Waals surface area (Å²) in [5.74, 6) is 0. The van der Waals surface area contributed by atoms with Crippen molar-refractivity contribution in [2.24, 2.45) is 0 Å². The van der Waals surface area contributed by atoms with Crippen molar-refractivity contribution in [1.82, 2.24) is 0 Å². The molecule has 0 aromatic heterocycles. The second kappa shape index (κ2) is 2.65. The van der Waals surface area contributed by atoms with Crippen LogP contribution in [0.25, 0.3) is 0 Å². The number of hydrogen-bond acceptors (Lipinski definition) is 1. The third-order valence-corrected chi connectivity index (χ3v) is 1.52. The Hall–Kier alpha value is -1.11. The van der Waals surface area contributed by atoms with Crippen LogP contribution >= 0.6 is 0 Å². The first kappa shape index (κ1) is 7.00. The summed E-state index contributed by atoms with van der Waals surface area (Å²) in [7, 11) is 0. The molecule has 0 aromatic carbocycles. The molecule has 1 nitrogen and oxygen atoms in total. The Morgan fingerprint density at radius 2 is 2.10 bits per heavy atom. The van der Waals surface area contributed by atoms with E-state index >= 15 is 0 Å². The maximum atomic E-state index is 7.44. The Morgan fingerprint density at radius 3 is 2.60 bits per heavy atom. The summed E-state index contributed by atoms with van der Waals surface area (Å²) >= 11 is 0. The molecule has 1 aliphatic rings. The van der Waals surface area contributed by atoms with Gasteiger partial charge in [-0.05, 0) is 25.5 Å². The van der Waals surface area contributed by atoms with Crippen LogP contribution in [-0.2, 0) is 0 Å². The molecule has 1 rings (SSSR count). The molecule has 0 bridgehead atoms. The molecule has 0 unspecified atom stereocenters. The second-order valence-electron chi connectivity index (χ2n) is 2.38. The van der Waals surface area contributed by atoms with E-state index in [0.717, 1.165) is 5.57 Å². The van der Waals surface area contributed by atoms with Crippen molar-refractivity contribution in [3.05, 3.63) is 35.5 Å². The molecule has 52 valence electrons. The lowest BCUT2D eigenvalue weighted by Crippen LogP contribution is -1.98. The van der Waals surface area contributed by atoms with Gasteiger partial charge >= 0.3 is 0 Å². The van der Waals surface area contributed by atoms with E-state index in [9.17, 15) is 0 Å². The van der Waals surface area contributed by atoms with Gasteiger partial charge in [0.15, 0.2) is 0 Å². The SMILES string of the molecule is CC=C1C=C(C)C=CC1=N. The van der Waals surface area contributed by atoms with E-state index in [4.69, 9.17) is 5.41 Å². The standard InChI is InChI=1S/C9H11N/c1-3-8-6-7(2)4-5-9(8)10/h3-6,10H,1-2H3. The molecule has 1 heteroatoms. The van der Waals surface area contributed by atoms with Crippen molar-refractivity contribution in [3.8, 4) is 0 Å². The Balaban J connectivity index is 2.99. The Morgan fingerprint density at radius 1 is 1.40 bits per heavy atom. The fraction of sp³-hybridized carbons (Fsp3) is 0.222. The van der Waals surface area contributed by atoms with E-state index in [2.05, 4.69) is 0 Å². The molecule has 0 aliphatic heterocycles. The zero-order valence-corrected chi connectivity index (χ0v) is 6.31. The van der Waals surface area contributed by atoms with Crippen molar-refractivity contribution < 1.29 is 0 Å². The largest absolute Gasteiger partial charge is 0.300 e. The van der Waals surface area contributed by atoms with E-state index in [-0.39, 0.29) is 0 Å². The van der Waals surface area contributed by atoms with Gasteiger partial charge < -0.3 is 5.41 Å². The third-order valence-electron chi connectivity index (χ3n) is 1.52. The van der Waals surface area contributed by atoms with Crippen molar-refractivity contribution in [2.45, 2.75) is 13.8 Å². The maximum absolute atomic E-state index is 7.44. The molecule has 0 radical (unpaired) electrons. The summed E-state index contributed by atoms with van der Waals surface area (Å²) in [5, 5.41) is 7.44. The van der Waals surface area contributed by atoms with Crippen LogP contribution < -0.4 is 0 Å². The van der Waals surface area contributed by atoms with Crippen LogP contribution in [0.15, 0.2) is 35.5 Å². The third kappa shape index (κ3) is 1.24. The summed E-state index contributed by atoms with van der Waals surface area (Å²) in [6.07, 6.45) is 7.75. The van der Waals surface area contributed by atoms with Crippen LogP contribution in [0.2, 0.25) is 0 Å². The normalized spacial score (nSPS) is 21.6. The number of hydrogen-bond donors (Lipinski definition) is 1. The molecular weight excluding hydrogens is 122 g/mol. The van der Waals surface area contributed by atoms with E-state index in [1.54, 1.807) is 0 Å². The highest BCUT2D eigenvalue weighted by Crippen LogP contribution is 2.11. The van der Waals surface area contributed by atoms with Crippen molar-refractivity contribution >= 4 is 5.71 Å². The molecule has 0 heterocycles. The fourth-order valence-corrected chi connectivity index (χ4v) is 0.921. The van der Waals surface area contributed by atoms with Crippen LogP contribution in [0.4, 0.5) is 0 Å². The van der Waals surface area contributed by atoms with E-state index in [0.29, 0.717) is 5.71 Å². The smallest absolute Gasteiger partial charge is 0.0609 e. The van der Waals surface area contributed by atoms with Gasteiger partial charge in [-0.25, -0.2) is 0 Å². The Labute approximate surface area is 61.3 Å². The average molecular weight is 133 g/mol. The Bertz CT molecular complexity index is 241. The molecule has 0 fully saturated rings. The summed E-state index contributed by atoms with van der Waals surface area (Å²) < 4.78 is 0. The minimum Gasteiger partial charge on any atom is -0.300 e.